The molecule has 2 atom stereocenters. The minimum absolute atomic E-state index is 0.262. The Hall–Kier alpha value is -3.93. The van der Waals surface area contributed by atoms with Gasteiger partial charge in [0.1, 0.15) is 12.1 Å². The molecule has 3 aromatic carbocycles. The van der Waals surface area contributed by atoms with Crippen LogP contribution in [0.1, 0.15) is 42.5 Å². The van der Waals surface area contributed by atoms with Crippen LogP contribution in [0, 0.1) is 0 Å². The number of hydrogen-bond donors (Lipinski definition) is 2. The predicted octanol–water partition coefficient (Wildman–Crippen LogP) is 4.31. The van der Waals surface area contributed by atoms with E-state index < -0.39 is 11.6 Å². The summed E-state index contributed by atoms with van der Waals surface area (Å²) in [4.78, 5) is 40.0. The lowest BCUT2D eigenvalue weighted by Crippen LogP contribution is -2.47. The summed E-state index contributed by atoms with van der Waals surface area (Å²) >= 11 is 0. The van der Waals surface area contributed by atoms with Gasteiger partial charge in [-0.3, -0.25) is 14.5 Å². The van der Waals surface area contributed by atoms with Crippen LogP contribution in [0.3, 0.4) is 0 Å². The normalized spacial score (nSPS) is 20.1. The Morgan fingerprint density at radius 3 is 2.41 bits per heavy atom. The number of hydrogen-bond acceptors (Lipinski definition) is 3. The fourth-order valence-corrected chi connectivity index (χ4v) is 5.06. The molecule has 172 valence electrons. The molecule has 6 heteroatoms. The molecule has 34 heavy (non-hydrogen) atoms. The summed E-state index contributed by atoms with van der Waals surface area (Å²) < 4.78 is 0. The third-order valence-electron chi connectivity index (χ3n) is 6.85. The van der Waals surface area contributed by atoms with Gasteiger partial charge in [0, 0.05) is 0 Å². The van der Waals surface area contributed by atoms with Gasteiger partial charge in [-0.1, -0.05) is 78.9 Å². The number of nitrogens with zero attached hydrogens (tertiary/aromatic N) is 1. The molecule has 0 unspecified atom stereocenters. The van der Waals surface area contributed by atoms with Crippen molar-refractivity contribution < 1.29 is 14.4 Å². The first-order chi connectivity index (χ1) is 16.5. The molecule has 1 heterocycles. The van der Waals surface area contributed by atoms with Crippen molar-refractivity contribution in [1.29, 1.82) is 0 Å². The van der Waals surface area contributed by atoms with E-state index in [9.17, 15) is 14.4 Å². The average Bonchev–Trinajstić information content (AvgIpc) is 3.09. The highest BCUT2D eigenvalue weighted by atomic mass is 16.2. The number of aryl methyl sites for hydroxylation is 1. The molecule has 0 bridgehead atoms. The molecular formula is C28H27N3O3. The van der Waals surface area contributed by atoms with E-state index >= 15 is 0 Å². The van der Waals surface area contributed by atoms with E-state index in [0.29, 0.717) is 6.42 Å². The Morgan fingerprint density at radius 1 is 0.971 bits per heavy atom. The Bertz CT molecular complexity index is 1240. The van der Waals surface area contributed by atoms with Gasteiger partial charge >= 0.3 is 6.03 Å². The van der Waals surface area contributed by atoms with Crippen molar-refractivity contribution in [3.05, 3.63) is 95.6 Å². The summed E-state index contributed by atoms with van der Waals surface area (Å²) in [6.45, 7) is 1.58. The second kappa shape index (κ2) is 8.78. The molecule has 5 rings (SSSR count). The molecular weight excluding hydrogens is 426 g/mol. The first-order valence-electron chi connectivity index (χ1n) is 11.7. The molecule has 1 fully saturated rings. The fourth-order valence-electron chi connectivity index (χ4n) is 5.06. The topological polar surface area (TPSA) is 78.5 Å². The number of carbonyl (C=O) groups excluding carboxylic acids is 3. The second-order valence-electron chi connectivity index (χ2n) is 9.01. The van der Waals surface area contributed by atoms with Gasteiger partial charge in [0.15, 0.2) is 0 Å². The molecule has 1 saturated heterocycles. The van der Waals surface area contributed by atoms with Gasteiger partial charge < -0.3 is 10.6 Å². The van der Waals surface area contributed by atoms with Crippen LogP contribution < -0.4 is 10.6 Å². The molecule has 1 aliphatic heterocycles. The van der Waals surface area contributed by atoms with Gasteiger partial charge in [-0.25, -0.2) is 4.79 Å². The van der Waals surface area contributed by atoms with Crippen molar-refractivity contribution in [2.75, 3.05) is 6.54 Å². The second-order valence-corrected chi connectivity index (χ2v) is 9.01. The van der Waals surface area contributed by atoms with Gasteiger partial charge in [-0.2, -0.15) is 0 Å². The number of nitrogens with one attached hydrogen (secondary N) is 2. The van der Waals surface area contributed by atoms with E-state index in [-0.39, 0.29) is 24.4 Å². The van der Waals surface area contributed by atoms with Crippen molar-refractivity contribution in [3.8, 4) is 11.1 Å². The lowest BCUT2D eigenvalue weighted by molar-refractivity contribution is -0.135. The van der Waals surface area contributed by atoms with Crippen molar-refractivity contribution in [3.63, 3.8) is 0 Å². The fraction of sp³-hybridized carbons (Fsp3) is 0.250. The third kappa shape index (κ3) is 3.85. The van der Waals surface area contributed by atoms with Crippen LogP contribution in [0.5, 0.6) is 0 Å². The van der Waals surface area contributed by atoms with Crippen LogP contribution in [0.25, 0.3) is 11.1 Å². The number of benzene rings is 3. The number of fused-ring (bicyclic) bond motifs is 2. The summed E-state index contributed by atoms with van der Waals surface area (Å²) in [5.41, 5.74) is 4.02. The zero-order chi connectivity index (χ0) is 23.7. The van der Waals surface area contributed by atoms with Gasteiger partial charge in [0.2, 0.25) is 5.91 Å². The lowest BCUT2D eigenvalue weighted by atomic mass is 9.76. The number of amides is 4. The first kappa shape index (κ1) is 21.9. The van der Waals surface area contributed by atoms with E-state index in [2.05, 4.69) is 22.8 Å². The third-order valence-corrected chi connectivity index (χ3v) is 6.85. The maximum absolute atomic E-state index is 13.4. The van der Waals surface area contributed by atoms with Crippen LogP contribution >= 0.6 is 0 Å². The van der Waals surface area contributed by atoms with Crippen molar-refractivity contribution >= 4 is 17.8 Å². The zero-order valence-corrected chi connectivity index (χ0v) is 19.1. The smallest absolute Gasteiger partial charge is 0.325 e. The summed E-state index contributed by atoms with van der Waals surface area (Å²) in [5, 5.41) is 5.82. The standard InChI is InChI=1S/C28H27N3O3/c1-19(20-13-15-22(16-14-20)21-8-3-2-4-9-21)29-25(32)18-31-26(33)28(30-27(31)34)17-7-11-23-10-5-6-12-24(23)28/h2-6,8-10,12-16,19H,7,11,17-18H2,1H3,(H,29,32)(H,30,34)/t19-,28+/m0/s1. The minimum atomic E-state index is -1.06. The Labute approximate surface area is 199 Å². The van der Waals surface area contributed by atoms with Crippen LogP contribution in [0.2, 0.25) is 0 Å². The monoisotopic (exact) mass is 453 g/mol. The molecule has 0 aromatic heterocycles. The van der Waals surface area contributed by atoms with Gasteiger partial charge in [0.05, 0.1) is 6.04 Å². The number of rotatable bonds is 5. The van der Waals surface area contributed by atoms with Gasteiger partial charge in [-0.15, -0.1) is 0 Å². The van der Waals surface area contributed by atoms with Crippen LogP contribution in [-0.4, -0.2) is 29.3 Å². The molecule has 1 aliphatic carbocycles. The summed E-state index contributed by atoms with van der Waals surface area (Å²) in [5.74, 6) is -0.719. The largest absolute Gasteiger partial charge is 0.348 e. The molecule has 1 spiro atoms. The summed E-state index contributed by atoms with van der Waals surface area (Å²) in [6, 6.07) is 25.0. The zero-order valence-electron chi connectivity index (χ0n) is 19.1. The van der Waals surface area contributed by atoms with Crippen LogP contribution in [-0.2, 0) is 21.5 Å². The summed E-state index contributed by atoms with van der Waals surface area (Å²) in [7, 11) is 0. The maximum atomic E-state index is 13.4. The maximum Gasteiger partial charge on any atom is 0.325 e. The van der Waals surface area contributed by atoms with Crippen molar-refractivity contribution in [2.45, 2.75) is 37.8 Å². The van der Waals surface area contributed by atoms with Crippen LogP contribution in [0.4, 0.5) is 4.79 Å². The molecule has 2 aliphatic rings. The molecule has 2 N–H and O–H groups in total. The van der Waals surface area contributed by atoms with Gasteiger partial charge in [-0.05, 0) is 54.0 Å². The SMILES string of the molecule is C[C@H](NC(=O)CN1C(=O)N[C@@]2(CCCc3ccccc32)C1=O)c1ccc(-c2ccccc2)cc1. The highest BCUT2D eigenvalue weighted by Gasteiger charge is 2.54. The van der Waals surface area contributed by atoms with E-state index in [0.717, 1.165) is 45.6 Å². The average molecular weight is 454 g/mol. The Kier molecular flexibility index (Phi) is 5.65. The number of urea groups is 1. The van der Waals surface area contributed by atoms with E-state index in [1.54, 1.807) is 0 Å². The highest BCUT2D eigenvalue weighted by Crippen LogP contribution is 2.39. The lowest BCUT2D eigenvalue weighted by Gasteiger charge is -2.33. The van der Waals surface area contributed by atoms with Crippen molar-refractivity contribution in [2.24, 2.45) is 0 Å². The van der Waals surface area contributed by atoms with Crippen LogP contribution in [0.15, 0.2) is 78.9 Å². The molecule has 0 saturated carbocycles. The number of carbonyl (C=O) groups is 3. The van der Waals surface area contributed by atoms with E-state index in [1.807, 2.05) is 73.7 Å². The number of imide groups is 1. The highest BCUT2D eigenvalue weighted by molar-refractivity contribution is 6.09. The minimum Gasteiger partial charge on any atom is -0.348 e. The molecule has 4 amide bonds. The molecule has 3 aromatic rings. The van der Waals surface area contributed by atoms with E-state index in [4.69, 9.17) is 0 Å². The Balaban J connectivity index is 1.26. The van der Waals surface area contributed by atoms with Crippen molar-refractivity contribution in [1.82, 2.24) is 15.5 Å². The van der Waals surface area contributed by atoms with E-state index in [1.165, 1.54) is 0 Å². The molecule has 6 nitrogen and oxygen atoms in total. The first-order valence-corrected chi connectivity index (χ1v) is 11.7. The summed E-state index contributed by atoms with van der Waals surface area (Å²) in [6.07, 6.45) is 2.22. The molecule has 0 radical (unpaired) electrons. The predicted molar refractivity (Wildman–Crippen MR) is 130 cm³/mol. The quantitative estimate of drug-likeness (QED) is 0.565. The van der Waals surface area contributed by atoms with Gasteiger partial charge in [0.25, 0.3) is 5.91 Å². The Morgan fingerprint density at radius 2 is 1.65 bits per heavy atom.